The van der Waals surface area contributed by atoms with E-state index in [0.29, 0.717) is 0 Å². The molecule has 6 aromatic carbocycles. The van der Waals surface area contributed by atoms with Gasteiger partial charge >= 0.3 is 0 Å². The molecule has 1 spiro atoms. The van der Waals surface area contributed by atoms with Crippen molar-refractivity contribution in [2.75, 3.05) is 0 Å². The first-order valence-corrected chi connectivity index (χ1v) is 17.1. The highest BCUT2D eigenvalue weighted by atomic mass is 14.9. The third-order valence-corrected chi connectivity index (χ3v) is 10.6. The van der Waals surface area contributed by atoms with Crippen LogP contribution in [0.3, 0.4) is 0 Å². The van der Waals surface area contributed by atoms with Gasteiger partial charge in [-0.1, -0.05) is 158 Å². The van der Waals surface area contributed by atoms with Crippen LogP contribution in [0.2, 0.25) is 0 Å². The van der Waals surface area contributed by atoms with E-state index in [1.54, 1.807) is 5.57 Å². The molecule has 2 nitrogen and oxygen atoms in total. The number of fused-ring (bicyclic) bond motifs is 9. The molecule has 1 atom stereocenters. The van der Waals surface area contributed by atoms with Crippen LogP contribution >= 0.6 is 0 Å². The fraction of sp³-hybridized carbons (Fsp3) is 0.0638. The fourth-order valence-electron chi connectivity index (χ4n) is 8.49. The van der Waals surface area contributed by atoms with Crippen LogP contribution in [0.25, 0.3) is 61.7 Å². The Bertz CT molecular complexity index is 2410. The van der Waals surface area contributed by atoms with Gasteiger partial charge in [-0.2, -0.15) is 0 Å². The zero-order valence-corrected chi connectivity index (χ0v) is 27.0. The Morgan fingerprint density at radius 3 is 1.67 bits per heavy atom. The Labute approximate surface area is 286 Å². The van der Waals surface area contributed by atoms with Crippen LogP contribution in [0, 0.1) is 0 Å². The fourth-order valence-corrected chi connectivity index (χ4v) is 8.49. The van der Waals surface area contributed by atoms with Crippen molar-refractivity contribution < 1.29 is 0 Å². The first-order chi connectivity index (χ1) is 24.3. The second kappa shape index (κ2) is 11.0. The van der Waals surface area contributed by atoms with Gasteiger partial charge in [-0.05, 0) is 80.6 Å². The summed E-state index contributed by atoms with van der Waals surface area (Å²) in [5, 5.41) is 0. The minimum atomic E-state index is -0.266. The number of benzene rings is 6. The van der Waals surface area contributed by atoms with Crippen LogP contribution in [0.4, 0.5) is 0 Å². The van der Waals surface area contributed by atoms with Gasteiger partial charge in [0.1, 0.15) is 0 Å². The number of nitrogens with zero attached hydrogens (tertiary/aromatic N) is 2. The second-order valence-electron chi connectivity index (χ2n) is 13.2. The number of rotatable bonds is 4. The normalized spacial score (nSPS) is 16.7. The van der Waals surface area contributed by atoms with E-state index < -0.39 is 0 Å². The Hall–Kier alpha value is -6.12. The molecular formula is C47H32N2. The number of aromatic nitrogens is 2. The van der Waals surface area contributed by atoms with E-state index in [0.717, 1.165) is 46.7 Å². The van der Waals surface area contributed by atoms with Crippen molar-refractivity contribution in [2.45, 2.75) is 18.3 Å². The molecule has 3 aliphatic rings. The van der Waals surface area contributed by atoms with Gasteiger partial charge < -0.3 is 0 Å². The van der Waals surface area contributed by atoms with E-state index in [1.165, 1.54) is 50.1 Å². The number of hydrogen-bond acceptors (Lipinski definition) is 2. The van der Waals surface area contributed by atoms with Gasteiger partial charge in [0.15, 0.2) is 5.82 Å². The van der Waals surface area contributed by atoms with Gasteiger partial charge in [0.25, 0.3) is 0 Å². The molecule has 0 radical (unpaired) electrons. The van der Waals surface area contributed by atoms with E-state index in [1.807, 2.05) is 12.1 Å². The van der Waals surface area contributed by atoms with Crippen LogP contribution in [0.1, 0.15) is 35.1 Å². The monoisotopic (exact) mass is 624 g/mol. The van der Waals surface area contributed by atoms with Crippen molar-refractivity contribution in [3.05, 3.63) is 198 Å². The first kappa shape index (κ1) is 27.9. The van der Waals surface area contributed by atoms with E-state index >= 15 is 0 Å². The topological polar surface area (TPSA) is 25.8 Å². The zero-order chi connectivity index (χ0) is 32.4. The molecule has 49 heavy (non-hydrogen) atoms. The molecule has 3 aliphatic carbocycles. The Morgan fingerprint density at radius 1 is 0.429 bits per heavy atom. The average molecular weight is 625 g/mol. The van der Waals surface area contributed by atoms with Gasteiger partial charge in [-0.15, -0.1) is 0 Å². The van der Waals surface area contributed by atoms with Crippen molar-refractivity contribution >= 4 is 5.57 Å². The lowest BCUT2D eigenvalue weighted by Crippen LogP contribution is -2.27. The summed E-state index contributed by atoms with van der Waals surface area (Å²) in [5.74, 6) is 0.725. The SMILES string of the molecule is C1=CC2=C(CC1)C1(c3ccccc32)c2ccccc2-c2ccc(-c3ccc(-c4nc(-c5ccccc5)cc(-c5ccccc5)n4)cc3)cc21. The van der Waals surface area contributed by atoms with Crippen LogP contribution in [-0.2, 0) is 5.41 Å². The van der Waals surface area contributed by atoms with Crippen LogP contribution in [-0.4, -0.2) is 9.97 Å². The molecule has 0 aliphatic heterocycles. The van der Waals surface area contributed by atoms with Gasteiger partial charge in [-0.3, -0.25) is 0 Å². The molecule has 1 aromatic heterocycles. The quantitative estimate of drug-likeness (QED) is 0.195. The molecule has 0 saturated carbocycles. The largest absolute Gasteiger partial charge is 0.228 e. The van der Waals surface area contributed by atoms with E-state index in [9.17, 15) is 0 Å². The summed E-state index contributed by atoms with van der Waals surface area (Å²) in [6.07, 6.45) is 6.86. The number of hydrogen-bond donors (Lipinski definition) is 0. The summed E-state index contributed by atoms with van der Waals surface area (Å²) in [7, 11) is 0. The number of allylic oxidation sites excluding steroid dienone is 4. The highest BCUT2D eigenvalue weighted by molar-refractivity contribution is 5.97. The molecule has 0 fully saturated rings. The molecule has 7 aromatic rings. The zero-order valence-electron chi connectivity index (χ0n) is 27.0. The molecular weight excluding hydrogens is 593 g/mol. The molecule has 10 rings (SSSR count). The molecule has 0 saturated heterocycles. The summed E-state index contributed by atoms with van der Waals surface area (Å²) in [5.41, 5.74) is 18.4. The molecule has 1 unspecified atom stereocenters. The smallest absolute Gasteiger partial charge is 0.160 e. The lowest BCUT2D eigenvalue weighted by atomic mass is 9.68. The summed E-state index contributed by atoms with van der Waals surface area (Å²) < 4.78 is 0. The second-order valence-corrected chi connectivity index (χ2v) is 13.2. The van der Waals surface area contributed by atoms with Gasteiger partial charge in [0.05, 0.1) is 16.8 Å². The maximum atomic E-state index is 5.06. The summed E-state index contributed by atoms with van der Waals surface area (Å²) in [6, 6.07) is 56.9. The molecule has 0 N–H and O–H groups in total. The van der Waals surface area contributed by atoms with Gasteiger partial charge in [0, 0.05) is 16.7 Å². The van der Waals surface area contributed by atoms with Crippen molar-refractivity contribution in [2.24, 2.45) is 0 Å². The van der Waals surface area contributed by atoms with Crippen molar-refractivity contribution in [1.29, 1.82) is 0 Å². The minimum Gasteiger partial charge on any atom is -0.228 e. The van der Waals surface area contributed by atoms with E-state index in [4.69, 9.17) is 9.97 Å². The van der Waals surface area contributed by atoms with Gasteiger partial charge in [-0.25, -0.2) is 9.97 Å². The van der Waals surface area contributed by atoms with Crippen LogP contribution in [0.5, 0.6) is 0 Å². The third kappa shape index (κ3) is 4.20. The molecule has 2 heteroatoms. The van der Waals surface area contributed by atoms with Crippen molar-refractivity contribution in [1.82, 2.24) is 9.97 Å². The maximum absolute atomic E-state index is 5.06. The Kier molecular flexibility index (Phi) is 6.25. The molecule has 1 heterocycles. The molecule has 0 amide bonds. The predicted molar refractivity (Wildman–Crippen MR) is 201 cm³/mol. The lowest BCUT2D eigenvalue weighted by Gasteiger charge is -2.33. The molecule has 230 valence electrons. The van der Waals surface area contributed by atoms with Crippen molar-refractivity contribution in [3.8, 4) is 56.2 Å². The van der Waals surface area contributed by atoms with Crippen LogP contribution < -0.4 is 0 Å². The lowest BCUT2D eigenvalue weighted by molar-refractivity contribution is 0.714. The van der Waals surface area contributed by atoms with Gasteiger partial charge in [0.2, 0.25) is 0 Å². The highest BCUT2D eigenvalue weighted by Gasteiger charge is 2.52. The highest BCUT2D eigenvalue weighted by Crippen LogP contribution is 2.63. The van der Waals surface area contributed by atoms with E-state index in [-0.39, 0.29) is 5.41 Å². The molecule has 0 bridgehead atoms. The summed E-state index contributed by atoms with van der Waals surface area (Å²) in [4.78, 5) is 10.1. The van der Waals surface area contributed by atoms with E-state index in [2.05, 4.69) is 158 Å². The first-order valence-electron chi connectivity index (χ1n) is 17.1. The Balaban J connectivity index is 1.10. The maximum Gasteiger partial charge on any atom is 0.160 e. The van der Waals surface area contributed by atoms with Crippen molar-refractivity contribution in [3.63, 3.8) is 0 Å². The van der Waals surface area contributed by atoms with Crippen LogP contribution in [0.15, 0.2) is 175 Å². The summed E-state index contributed by atoms with van der Waals surface area (Å²) in [6.45, 7) is 0. The predicted octanol–water partition coefficient (Wildman–Crippen LogP) is 11.6. The summed E-state index contributed by atoms with van der Waals surface area (Å²) >= 11 is 0. The average Bonchev–Trinajstić information content (AvgIpc) is 3.66. The third-order valence-electron chi connectivity index (χ3n) is 10.6. The minimum absolute atomic E-state index is 0.266. The standard InChI is InChI=1S/C47H32N2/c1-3-13-32(14-4-1)44-30-45(33-15-5-2-6-16-33)49-46(48-44)34-25-23-31(24-26-34)35-27-28-39-38-19-9-12-22-42(38)47(43(39)29-35)40-20-10-7-17-36(40)37-18-8-11-21-41(37)47/h1-10,12-20,22-30H,11,21H2. The Morgan fingerprint density at radius 2 is 0.980 bits per heavy atom.